The summed E-state index contributed by atoms with van der Waals surface area (Å²) in [6.07, 6.45) is 2.15. The van der Waals surface area contributed by atoms with Gasteiger partial charge in [-0.3, -0.25) is 14.9 Å². The molecule has 1 aromatic carbocycles. The van der Waals surface area contributed by atoms with Crippen molar-refractivity contribution < 1.29 is 23.6 Å². The number of nitrogens with one attached hydrogen (secondary N) is 1. The van der Waals surface area contributed by atoms with Gasteiger partial charge in [0.05, 0.1) is 23.7 Å². The molecule has 2 atom stereocenters. The number of nitrogens with zero attached hydrogens (tertiary/aromatic N) is 1. The van der Waals surface area contributed by atoms with E-state index in [4.69, 9.17) is 9.47 Å². The third-order valence-corrected chi connectivity index (χ3v) is 3.59. The summed E-state index contributed by atoms with van der Waals surface area (Å²) in [6, 6.07) is 2.96. The summed E-state index contributed by atoms with van der Waals surface area (Å²) in [5, 5.41) is 13.3. The molecule has 23 heavy (non-hydrogen) atoms. The first-order valence-corrected chi connectivity index (χ1v) is 7.45. The van der Waals surface area contributed by atoms with Crippen molar-refractivity contribution in [2.24, 2.45) is 0 Å². The van der Waals surface area contributed by atoms with E-state index in [9.17, 15) is 19.3 Å². The maximum Gasteiger partial charge on any atom is 0.295 e. The molecule has 7 nitrogen and oxygen atoms in total. The van der Waals surface area contributed by atoms with Gasteiger partial charge in [0.15, 0.2) is 0 Å². The number of halogens is 1. The number of carbonyl (C=O) groups excluding carboxylic acids is 1. The summed E-state index contributed by atoms with van der Waals surface area (Å²) in [5.41, 5.74) is -0.563. The second kappa shape index (κ2) is 7.98. The fourth-order valence-corrected chi connectivity index (χ4v) is 2.26. The third-order valence-electron chi connectivity index (χ3n) is 3.59. The van der Waals surface area contributed by atoms with E-state index in [1.54, 1.807) is 6.92 Å². The number of rotatable bonds is 6. The van der Waals surface area contributed by atoms with E-state index in [1.165, 1.54) is 0 Å². The molecule has 1 N–H and O–H groups in total. The first-order valence-electron chi connectivity index (χ1n) is 7.45. The Morgan fingerprint density at radius 2 is 2.35 bits per heavy atom. The van der Waals surface area contributed by atoms with Crippen LogP contribution in [0.5, 0.6) is 0 Å². The van der Waals surface area contributed by atoms with Crippen LogP contribution in [-0.4, -0.2) is 36.3 Å². The largest absolute Gasteiger partial charge is 0.376 e. The highest BCUT2D eigenvalue weighted by atomic mass is 19.1. The predicted octanol–water partition coefficient (Wildman–Crippen LogP) is 2.65. The van der Waals surface area contributed by atoms with E-state index in [0.29, 0.717) is 13.2 Å². The van der Waals surface area contributed by atoms with Crippen molar-refractivity contribution in [3.8, 4) is 0 Å². The van der Waals surface area contributed by atoms with Crippen LogP contribution in [0.2, 0.25) is 0 Å². The first-order chi connectivity index (χ1) is 11.0. The minimum atomic E-state index is -0.801. The number of nitro groups is 1. The molecule has 1 aromatic rings. The summed E-state index contributed by atoms with van der Waals surface area (Å²) in [4.78, 5) is 22.2. The van der Waals surface area contributed by atoms with Gasteiger partial charge in [0.1, 0.15) is 17.6 Å². The van der Waals surface area contributed by atoms with E-state index in [0.717, 1.165) is 37.5 Å². The lowest BCUT2D eigenvalue weighted by molar-refractivity contribution is -0.384. The quantitative estimate of drug-likeness (QED) is 0.641. The van der Waals surface area contributed by atoms with Gasteiger partial charge in [0, 0.05) is 6.61 Å². The van der Waals surface area contributed by atoms with Crippen molar-refractivity contribution in [1.82, 2.24) is 0 Å². The molecule has 0 spiro atoms. The van der Waals surface area contributed by atoms with Crippen LogP contribution in [-0.2, 0) is 14.3 Å². The number of benzene rings is 1. The SMILES string of the molecule is C[C@H](OC[C@H]1CCCCO1)C(=O)Nc1ccc(F)cc1[N+](=O)[O-]. The molecule has 8 heteroatoms. The topological polar surface area (TPSA) is 90.7 Å². The Morgan fingerprint density at radius 3 is 3.00 bits per heavy atom. The molecule has 0 aromatic heterocycles. The molecule has 0 bridgehead atoms. The minimum absolute atomic E-state index is 0.0286. The second-order valence-corrected chi connectivity index (χ2v) is 5.37. The zero-order valence-electron chi connectivity index (χ0n) is 12.8. The Kier molecular flexibility index (Phi) is 6.00. The van der Waals surface area contributed by atoms with Crippen LogP contribution in [0.25, 0.3) is 0 Å². The molecule has 0 unspecified atom stereocenters. The standard InChI is InChI=1S/C15H19FN2O5/c1-10(23-9-12-4-2-3-7-22-12)15(19)17-13-6-5-11(16)8-14(13)18(20)21/h5-6,8,10,12H,2-4,7,9H2,1H3,(H,17,19)/t10-,12+/m0/s1. The van der Waals surface area contributed by atoms with Crippen molar-refractivity contribution in [2.45, 2.75) is 38.4 Å². The predicted molar refractivity (Wildman–Crippen MR) is 80.7 cm³/mol. The number of hydrogen-bond donors (Lipinski definition) is 1. The van der Waals surface area contributed by atoms with E-state index in [-0.39, 0.29) is 11.8 Å². The molecule has 1 saturated heterocycles. The van der Waals surface area contributed by atoms with Crippen LogP contribution < -0.4 is 5.32 Å². The highest BCUT2D eigenvalue weighted by Gasteiger charge is 2.22. The average Bonchev–Trinajstić information content (AvgIpc) is 2.55. The number of anilines is 1. The second-order valence-electron chi connectivity index (χ2n) is 5.37. The Hall–Kier alpha value is -2.06. The first kappa shape index (κ1) is 17.3. The van der Waals surface area contributed by atoms with E-state index in [1.807, 2.05) is 0 Å². The molecule has 0 aliphatic carbocycles. The van der Waals surface area contributed by atoms with Gasteiger partial charge in [-0.25, -0.2) is 4.39 Å². The Balaban J connectivity index is 1.91. The van der Waals surface area contributed by atoms with Gasteiger partial charge < -0.3 is 14.8 Å². The minimum Gasteiger partial charge on any atom is -0.376 e. The van der Waals surface area contributed by atoms with Gasteiger partial charge in [0.25, 0.3) is 11.6 Å². The molecule has 1 heterocycles. The van der Waals surface area contributed by atoms with Crippen LogP contribution in [0.3, 0.4) is 0 Å². The molecular formula is C15H19FN2O5. The van der Waals surface area contributed by atoms with Crippen molar-refractivity contribution in [3.05, 3.63) is 34.1 Å². The van der Waals surface area contributed by atoms with Gasteiger partial charge in [-0.1, -0.05) is 0 Å². The monoisotopic (exact) mass is 326 g/mol. The molecule has 1 fully saturated rings. The zero-order chi connectivity index (χ0) is 16.8. The maximum atomic E-state index is 13.1. The van der Waals surface area contributed by atoms with Gasteiger partial charge in [-0.15, -0.1) is 0 Å². The summed E-state index contributed by atoms with van der Waals surface area (Å²) in [5.74, 6) is -1.27. The molecule has 0 saturated carbocycles. The number of amides is 1. The van der Waals surface area contributed by atoms with Crippen molar-refractivity contribution >= 4 is 17.3 Å². The molecule has 0 radical (unpaired) electrons. The van der Waals surface area contributed by atoms with Gasteiger partial charge in [-0.2, -0.15) is 0 Å². The molecule has 1 amide bonds. The highest BCUT2D eigenvalue weighted by Crippen LogP contribution is 2.25. The normalized spacial score (nSPS) is 19.1. The zero-order valence-corrected chi connectivity index (χ0v) is 12.8. The van der Waals surface area contributed by atoms with E-state index in [2.05, 4.69) is 5.32 Å². The number of nitro benzene ring substituents is 1. The smallest absolute Gasteiger partial charge is 0.295 e. The lowest BCUT2D eigenvalue weighted by Gasteiger charge is -2.23. The molecule has 1 aliphatic heterocycles. The molecule has 1 aliphatic rings. The van der Waals surface area contributed by atoms with E-state index < -0.39 is 28.4 Å². The van der Waals surface area contributed by atoms with Crippen LogP contribution in [0, 0.1) is 15.9 Å². The number of hydrogen-bond acceptors (Lipinski definition) is 5. The van der Waals surface area contributed by atoms with Crippen molar-refractivity contribution in [2.75, 3.05) is 18.5 Å². The third kappa shape index (κ3) is 4.97. The number of ether oxygens (including phenoxy) is 2. The van der Waals surface area contributed by atoms with Crippen LogP contribution in [0.1, 0.15) is 26.2 Å². The summed E-state index contributed by atoms with van der Waals surface area (Å²) >= 11 is 0. The maximum absolute atomic E-state index is 13.1. The Morgan fingerprint density at radius 1 is 1.57 bits per heavy atom. The Bertz CT molecular complexity index is 575. The Labute approximate surface area is 132 Å². The average molecular weight is 326 g/mol. The van der Waals surface area contributed by atoms with Gasteiger partial charge in [0.2, 0.25) is 0 Å². The van der Waals surface area contributed by atoms with Crippen LogP contribution >= 0.6 is 0 Å². The lowest BCUT2D eigenvalue weighted by atomic mass is 10.1. The summed E-state index contributed by atoms with van der Waals surface area (Å²) < 4.78 is 24.0. The fourth-order valence-electron chi connectivity index (χ4n) is 2.26. The van der Waals surface area contributed by atoms with Crippen molar-refractivity contribution in [3.63, 3.8) is 0 Å². The van der Waals surface area contributed by atoms with Crippen molar-refractivity contribution in [1.29, 1.82) is 0 Å². The van der Waals surface area contributed by atoms with Gasteiger partial charge in [-0.05, 0) is 38.3 Å². The number of carbonyl (C=O) groups is 1. The molecule has 2 rings (SSSR count). The van der Waals surface area contributed by atoms with Crippen LogP contribution in [0.4, 0.5) is 15.8 Å². The summed E-state index contributed by atoms with van der Waals surface area (Å²) in [7, 11) is 0. The summed E-state index contributed by atoms with van der Waals surface area (Å²) in [6.45, 7) is 2.53. The molecular weight excluding hydrogens is 307 g/mol. The van der Waals surface area contributed by atoms with Gasteiger partial charge >= 0.3 is 0 Å². The lowest BCUT2D eigenvalue weighted by Crippen LogP contribution is -2.32. The molecule has 126 valence electrons. The van der Waals surface area contributed by atoms with Crippen LogP contribution in [0.15, 0.2) is 18.2 Å². The van der Waals surface area contributed by atoms with E-state index >= 15 is 0 Å². The fraction of sp³-hybridized carbons (Fsp3) is 0.533. The highest BCUT2D eigenvalue weighted by molar-refractivity contribution is 5.95.